The summed E-state index contributed by atoms with van der Waals surface area (Å²) in [4.78, 5) is 10.9. The van der Waals surface area contributed by atoms with Gasteiger partial charge in [-0.25, -0.2) is 4.79 Å². The topological polar surface area (TPSA) is 75.3 Å². The van der Waals surface area contributed by atoms with Crippen molar-refractivity contribution in [2.45, 2.75) is 39.2 Å². The van der Waals surface area contributed by atoms with Gasteiger partial charge in [0.25, 0.3) is 0 Å². The van der Waals surface area contributed by atoms with Gasteiger partial charge in [-0.05, 0) is 31.5 Å². The molecule has 1 rings (SSSR count). The molecule has 1 aromatic rings. The van der Waals surface area contributed by atoms with E-state index < -0.39 is 5.97 Å². The molecule has 1 unspecified atom stereocenters. The number of unbranched alkanes of at least 4 members (excludes halogenated alkanes) is 1. The number of hydrogen-bond acceptors (Lipinski definition) is 3. The zero-order chi connectivity index (χ0) is 12.8. The Morgan fingerprint density at radius 3 is 2.82 bits per heavy atom. The van der Waals surface area contributed by atoms with Gasteiger partial charge in [0.05, 0.1) is 5.56 Å². The molecule has 0 aliphatic heterocycles. The summed E-state index contributed by atoms with van der Waals surface area (Å²) in [7, 11) is 0. The molecule has 1 aromatic carbocycles. The predicted molar refractivity (Wildman–Crippen MR) is 70.4 cm³/mol. The van der Waals surface area contributed by atoms with Gasteiger partial charge < -0.3 is 16.2 Å². The van der Waals surface area contributed by atoms with Crippen molar-refractivity contribution in [1.29, 1.82) is 0 Å². The number of benzene rings is 1. The molecule has 4 N–H and O–H groups in total. The van der Waals surface area contributed by atoms with Crippen LogP contribution in [0.3, 0.4) is 0 Å². The van der Waals surface area contributed by atoms with Gasteiger partial charge in [-0.2, -0.15) is 0 Å². The first-order chi connectivity index (χ1) is 8.04. The van der Waals surface area contributed by atoms with Gasteiger partial charge in [0.2, 0.25) is 0 Å². The van der Waals surface area contributed by atoms with Crippen LogP contribution in [0.4, 0.5) is 11.4 Å². The van der Waals surface area contributed by atoms with E-state index in [2.05, 4.69) is 19.2 Å². The van der Waals surface area contributed by atoms with Gasteiger partial charge in [-0.3, -0.25) is 0 Å². The van der Waals surface area contributed by atoms with E-state index in [1.54, 1.807) is 12.1 Å². The lowest BCUT2D eigenvalue weighted by atomic mass is 10.1. The maximum Gasteiger partial charge on any atom is 0.337 e. The molecule has 17 heavy (non-hydrogen) atoms. The number of nitrogen functional groups attached to an aromatic ring is 1. The minimum absolute atomic E-state index is 0.151. The van der Waals surface area contributed by atoms with E-state index in [4.69, 9.17) is 10.8 Å². The highest BCUT2D eigenvalue weighted by Crippen LogP contribution is 2.19. The van der Waals surface area contributed by atoms with Gasteiger partial charge in [-0.1, -0.05) is 19.8 Å². The molecule has 94 valence electrons. The number of aromatic carboxylic acids is 1. The van der Waals surface area contributed by atoms with E-state index in [1.807, 2.05) is 6.07 Å². The van der Waals surface area contributed by atoms with Crippen LogP contribution in [-0.2, 0) is 0 Å². The molecule has 0 aromatic heterocycles. The van der Waals surface area contributed by atoms with Crippen LogP contribution >= 0.6 is 0 Å². The predicted octanol–water partition coefficient (Wildman–Crippen LogP) is 2.96. The summed E-state index contributed by atoms with van der Waals surface area (Å²) >= 11 is 0. The van der Waals surface area contributed by atoms with E-state index in [9.17, 15) is 4.79 Å². The zero-order valence-corrected chi connectivity index (χ0v) is 10.4. The second kappa shape index (κ2) is 6.13. The van der Waals surface area contributed by atoms with E-state index in [-0.39, 0.29) is 5.56 Å². The van der Waals surface area contributed by atoms with Gasteiger partial charge in [0, 0.05) is 17.4 Å². The minimum atomic E-state index is -0.993. The normalized spacial score (nSPS) is 12.1. The molecular weight excluding hydrogens is 216 g/mol. The first-order valence-corrected chi connectivity index (χ1v) is 5.94. The van der Waals surface area contributed by atoms with Crippen molar-refractivity contribution in [2.24, 2.45) is 0 Å². The monoisotopic (exact) mass is 236 g/mol. The van der Waals surface area contributed by atoms with Crippen molar-refractivity contribution in [3.05, 3.63) is 23.8 Å². The Kier molecular flexibility index (Phi) is 4.82. The molecule has 4 heteroatoms. The number of nitrogens with one attached hydrogen (secondary N) is 1. The van der Waals surface area contributed by atoms with Crippen molar-refractivity contribution in [1.82, 2.24) is 0 Å². The lowest BCUT2D eigenvalue weighted by molar-refractivity contribution is 0.0698. The quantitative estimate of drug-likeness (QED) is 0.664. The van der Waals surface area contributed by atoms with Crippen molar-refractivity contribution >= 4 is 17.3 Å². The summed E-state index contributed by atoms with van der Waals surface area (Å²) in [5.41, 5.74) is 6.84. The SMILES string of the molecule is CCCCC(C)Nc1ccc(N)c(C(=O)O)c1. The number of anilines is 2. The first-order valence-electron chi connectivity index (χ1n) is 5.94. The molecule has 0 amide bonds. The number of nitrogens with two attached hydrogens (primary N) is 1. The molecule has 0 saturated carbocycles. The van der Waals surface area contributed by atoms with Crippen molar-refractivity contribution in [2.75, 3.05) is 11.1 Å². The maximum absolute atomic E-state index is 10.9. The highest BCUT2D eigenvalue weighted by atomic mass is 16.4. The fraction of sp³-hybridized carbons (Fsp3) is 0.462. The zero-order valence-electron chi connectivity index (χ0n) is 10.4. The maximum atomic E-state index is 10.9. The van der Waals surface area contributed by atoms with Crippen molar-refractivity contribution in [3.63, 3.8) is 0 Å². The van der Waals surface area contributed by atoms with Crippen LogP contribution in [0.5, 0.6) is 0 Å². The Labute approximate surface area is 102 Å². The van der Waals surface area contributed by atoms with Crippen LogP contribution in [0.25, 0.3) is 0 Å². The van der Waals surface area contributed by atoms with Crippen LogP contribution < -0.4 is 11.1 Å². The minimum Gasteiger partial charge on any atom is -0.478 e. The lowest BCUT2D eigenvalue weighted by Crippen LogP contribution is -2.15. The van der Waals surface area contributed by atoms with Crippen LogP contribution in [0.1, 0.15) is 43.5 Å². The standard InChI is InChI=1S/C13H20N2O2/c1-3-4-5-9(2)15-10-6-7-12(14)11(8-10)13(16)17/h6-9,15H,3-5,14H2,1-2H3,(H,16,17). The van der Waals surface area contributed by atoms with Crippen LogP contribution in [0, 0.1) is 0 Å². The third-order valence-corrected chi connectivity index (χ3v) is 2.69. The van der Waals surface area contributed by atoms with Crippen LogP contribution in [0.2, 0.25) is 0 Å². The Bertz CT molecular complexity index is 391. The van der Waals surface area contributed by atoms with Gasteiger partial charge in [0.15, 0.2) is 0 Å². The molecule has 0 aliphatic rings. The average molecular weight is 236 g/mol. The summed E-state index contributed by atoms with van der Waals surface area (Å²) < 4.78 is 0. The summed E-state index contributed by atoms with van der Waals surface area (Å²) in [6.07, 6.45) is 3.40. The fourth-order valence-corrected chi connectivity index (χ4v) is 1.70. The second-order valence-corrected chi connectivity index (χ2v) is 4.29. The first kappa shape index (κ1) is 13.4. The smallest absolute Gasteiger partial charge is 0.337 e. The number of rotatable bonds is 6. The highest BCUT2D eigenvalue weighted by molar-refractivity contribution is 5.94. The summed E-state index contributed by atoms with van der Waals surface area (Å²) in [5, 5.41) is 12.2. The summed E-state index contributed by atoms with van der Waals surface area (Å²) in [6.45, 7) is 4.24. The van der Waals surface area contributed by atoms with E-state index >= 15 is 0 Å². The number of carboxylic acids is 1. The lowest BCUT2D eigenvalue weighted by Gasteiger charge is -2.15. The van der Waals surface area contributed by atoms with E-state index in [1.165, 1.54) is 0 Å². The Balaban J connectivity index is 2.72. The molecule has 1 atom stereocenters. The molecule has 0 fully saturated rings. The number of hydrogen-bond donors (Lipinski definition) is 3. The summed E-state index contributed by atoms with van der Waals surface area (Å²) in [5.74, 6) is -0.993. The molecule has 0 spiro atoms. The number of carboxylic acid groups (broad SMARTS) is 1. The molecule has 0 saturated heterocycles. The van der Waals surface area contributed by atoms with Crippen molar-refractivity contribution < 1.29 is 9.90 Å². The summed E-state index contributed by atoms with van der Waals surface area (Å²) in [6, 6.07) is 5.35. The average Bonchev–Trinajstić information content (AvgIpc) is 2.28. The fourth-order valence-electron chi connectivity index (χ4n) is 1.70. The third-order valence-electron chi connectivity index (χ3n) is 2.69. The molecule has 0 radical (unpaired) electrons. The largest absolute Gasteiger partial charge is 0.478 e. The Morgan fingerprint density at radius 1 is 1.53 bits per heavy atom. The van der Waals surface area contributed by atoms with Gasteiger partial charge in [0.1, 0.15) is 0 Å². The second-order valence-electron chi connectivity index (χ2n) is 4.29. The third kappa shape index (κ3) is 3.98. The van der Waals surface area contributed by atoms with Crippen LogP contribution in [-0.4, -0.2) is 17.1 Å². The highest BCUT2D eigenvalue weighted by Gasteiger charge is 2.09. The van der Waals surface area contributed by atoms with E-state index in [0.29, 0.717) is 11.7 Å². The van der Waals surface area contributed by atoms with E-state index in [0.717, 1.165) is 24.9 Å². The Morgan fingerprint density at radius 2 is 2.24 bits per heavy atom. The molecule has 0 heterocycles. The molecular formula is C13H20N2O2. The number of carbonyl (C=O) groups is 1. The molecule has 4 nitrogen and oxygen atoms in total. The van der Waals surface area contributed by atoms with Gasteiger partial charge in [-0.15, -0.1) is 0 Å². The molecule has 0 bridgehead atoms. The van der Waals surface area contributed by atoms with Crippen LogP contribution in [0.15, 0.2) is 18.2 Å². The molecule has 0 aliphatic carbocycles. The van der Waals surface area contributed by atoms with Crippen molar-refractivity contribution in [3.8, 4) is 0 Å². The van der Waals surface area contributed by atoms with Gasteiger partial charge >= 0.3 is 5.97 Å². The Hall–Kier alpha value is -1.71.